The van der Waals surface area contributed by atoms with Gasteiger partial charge in [-0.15, -0.1) is 0 Å². The Labute approximate surface area is 121 Å². The Hall–Kier alpha value is -1.39. The van der Waals surface area contributed by atoms with Crippen molar-refractivity contribution in [1.82, 2.24) is 15.5 Å². The number of nitrogens with zero attached hydrogens (tertiary/aromatic N) is 1. The average Bonchev–Trinajstić information content (AvgIpc) is 2.95. The standard InChI is InChI=1S/C16H25N3O/c1-13-5-7-14(8-6-13)15(19-9-3-4-10-19)11-18-16(20)12-17-2/h5-8,15,17H,3-4,9-12H2,1-2H3,(H,18,20). The van der Waals surface area contributed by atoms with Crippen molar-refractivity contribution in [2.45, 2.75) is 25.8 Å². The van der Waals surface area contributed by atoms with E-state index < -0.39 is 0 Å². The number of hydrogen-bond acceptors (Lipinski definition) is 3. The average molecular weight is 275 g/mol. The van der Waals surface area contributed by atoms with Crippen molar-refractivity contribution >= 4 is 5.91 Å². The molecule has 1 aromatic carbocycles. The van der Waals surface area contributed by atoms with Crippen LogP contribution in [0.2, 0.25) is 0 Å². The predicted octanol–water partition coefficient (Wildman–Crippen LogP) is 1.47. The third kappa shape index (κ3) is 4.05. The molecule has 1 aliphatic rings. The fourth-order valence-corrected chi connectivity index (χ4v) is 2.73. The molecule has 2 N–H and O–H groups in total. The molecule has 1 unspecified atom stereocenters. The lowest BCUT2D eigenvalue weighted by atomic mass is 10.0. The Kier molecular flexibility index (Phi) is 5.56. The summed E-state index contributed by atoms with van der Waals surface area (Å²) in [4.78, 5) is 14.1. The second-order valence-corrected chi connectivity index (χ2v) is 5.50. The fraction of sp³-hybridized carbons (Fsp3) is 0.562. The number of amides is 1. The fourth-order valence-electron chi connectivity index (χ4n) is 2.73. The first-order valence-corrected chi connectivity index (χ1v) is 7.42. The molecule has 0 saturated carbocycles. The minimum atomic E-state index is 0.0591. The molecule has 1 aromatic rings. The van der Waals surface area contributed by atoms with Gasteiger partial charge in [-0.3, -0.25) is 9.69 Å². The van der Waals surface area contributed by atoms with E-state index in [9.17, 15) is 4.79 Å². The van der Waals surface area contributed by atoms with Crippen LogP contribution in [-0.2, 0) is 4.79 Å². The first-order valence-electron chi connectivity index (χ1n) is 7.42. The number of carbonyl (C=O) groups is 1. The summed E-state index contributed by atoms with van der Waals surface area (Å²) in [5, 5.41) is 5.91. The van der Waals surface area contributed by atoms with Crippen LogP contribution in [0.4, 0.5) is 0 Å². The lowest BCUT2D eigenvalue weighted by Crippen LogP contribution is -2.39. The number of likely N-dealkylation sites (tertiary alicyclic amines) is 1. The van der Waals surface area contributed by atoms with E-state index >= 15 is 0 Å². The highest BCUT2D eigenvalue weighted by atomic mass is 16.1. The van der Waals surface area contributed by atoms with Crippen molar-refractivity contribution in [3.63, 3.8) is 0 Å². The molecule has 20 heavy (non-hydrogen) atoms. The lowest BCUT2D eigenvalue weighted by Gasteiger charge is -2.28. The van der Waals surface area contributed by atoms with Gasteiger partial charge in [0.25, 0.3) is 0 Å². The molecule has 1 aliphatic heterocycles. The SMILES string of the molecule is CNCC(=O)NCC(c1ccc(C)cc1)N1CCCC1. The number of benzene rings is 1. The number of carbonyl (C=O) groups excluding carboxylic acids is 1. The van der Waals surface area contributed by atoms with Gasteiger partial charge < -0.3 is 10.6 Å². The molecule has 1 saturated heterocycles. The van der Waals surface area contributed by atoms with E-state index in [1.54, 1.807) is 7.05 Å². The van der Waals surface area contributed by atoms with E-state index in [-0.39, 0.29) is 5.91 Å². The van der Waals surface area contributed by atoms with Gasteiger partial charge in [-0.05, 0) is 45.5 Å². The summed E-state index contributed by atoms with van der Waals surface area (Å²) in [5.41, 5.74) is 2.57. The number of hydrogen-bond donors (Lipinski definition) is 2. The first kappa shape index (κ1) is 15.0. The Bertz CT molecular complexity index is 424. The summed E-state index contributed by atoms with van der Waals surface area (Å²) >= 11 is 0. The van der Waals surface area contributed by atoms with Crippen LogP contribution >= 0.6 is 0 Å². The van der Waals surface area contributed by atoms with Crippen LogP contribution in [0.3, 0.4) is 0 Å². The Morgan fingerprint density at radius 1 is 1.25 bits per heavy atom. The van der Waals surface area contributed by atoms with Crippen LogP contribution in [0.1, 0.15) is 30.0 Å². The summed E-state index contributed by atoms with van der Waals surface area (Å²) in [6, 6.07) is 8.95. The third-order valence-electron chi connectivity index (χ3n) is 3.87. The molecular weight excluding hydrogens is 250 g/mol. The van der Waals surface area contributed by atoms with Crippen LogP contribution in [0.25, 0.3) is 0 Å². The molecule has 1 amide bonds. The number of likely N-dealkylation sites (N-methyl/N-ethyl adjacent to an activating group) is 1. The molecule has 1 atom stereocenters. The van der Waals surface area contributed by atoms with E-state index in [1.165, 1.54) is 24.0 Å². The van der Waals surface area contributed by atoms with Crippen LogP contribution in [0.5, 0.6) is 0 Å². The molecule has 0 radical (unpaired) electrons. The zero-order chi connectivity index (χ0) is 14.4. The zero-order valence-corrected chi connectivity index (χ0v) is 12.5. The predicted molar refractivity (Wildman–Crippen MR) is 81.7 cm³/mol. The van der Waals surface area contributed by atoms with Gasteiger partial charge >= 0.3 is 0 Å². The maximum absolute atomic E-state index is 11.7. The smallest absolute Gasteiger partial charge is 0.234 e. The van der Waals surface area contributed by atoms with Crippen molar-refractivity contribution in [3.05, 3.63) is 35.4 Å². The van der Waals surface area contributed by atoms with Crippen LogP contribution in [-0.4, -0.2) is 44.0 Å². The number of rotatable bonds is 6. The Balaban J connectivity index is 2.04. The molecule has 4 nitrogen and oxygen atoms in total. The molecule has 0 spiro atoms. The maximum Gasteiger partial charge on any atom is 0.234 e. The normalized spacial score (nSPS) is 17.1. The molecule has 0 aromatic heterocycles. The molecule has 1 fully saturated rings. The van der Waals surface area contributed by atoms with Crippen LogP contribution in [0.15, 0.2) is 24.3 Å². The highest BCUT2D eigenvalue weighted by molar-refractivity contribution is 5.77. The van der Waals surface area contributed by atoms with Gasteiger partial charge in [0.15, 0.2) is 0 Å². The van der Waals surface area contributed by atoms with Crippen LogP contribution in [0, 0.1) is 6.92 Å². The number of nitrogens with one attached hydrogen (secondary N) is 2. The van der Waals surface area contributed by atoms with Crippen molar-refractivity contribution in [2.75, 3.05) is 33.2 Å². The second-order valence-electron chi connectivity index (χ2n) is 5.50. The molecule has 2 rings (SSSR count). The topological polar surface area (TPSA) is 44.4 Å². The largest absolute Gasteiger partial charge is 0.353 e. The zero-order valence-electron chi connectivity index (χ0n) is 12.5. The van der Waals surface area contributed by atoms with Gasteiger partial charge in [0.1, 0.15) is 0 Å². The maximum atomic E-state index is 11.7. The lowest BCUT2D eigenvalue weighted by molar-refractivity contribution is -0.120. The highest BCUT2D eigenvalue weighted by Crippen LogP contribution is 2.24. The Morgan fingerprint density at radius 3 is 2.50 bits per heavy atom. The van der Waals surface area contributed by atoms with Gasteiger partial charge in [-0.2, -0.15) is 0 Å². The van der Waals surface area contributed by atoms with Crippen LogP contribution < -0.4 is 10.6 Å². The van der Waals surface area contributed by atoms with Gasteiger partial charge in [0.05, 0.1) is 12.6 Å². The minimum absolute atomic E-state index is 0.0591. The highest BCUT2D eigenvalue weighted by Gasteiger charge is 2.23. The first-order chi connectivity index (χ1) is 9.70. The van der Waals surface area contributed by atoms with Gasteiger partial charge in [0, 0.05) is 6.54 Å². The quantitative estimate of drug-likeness (QED) is 0.826. The summed E-state index contributed by atoms with van der Waals surface area (Å²) < 4.78 is 0. The number of aryl methyl sites for hydroxylation is 1. The molecule has 0 bridgehead atoms. The van der Waals surface area contributed by atoms with E-state index in [1.807, 2.05) is 0 Å². The summed E-state index contributed by atoms with van der Waals surface area (Å²) in [7, 11) is 1.79. The third-order valence-corrected chi connectivity index (χ3v) is 3.87. The Morgan fingerprint density at radius 2 is 1.90 bits per heavy atom. The monoisotopic (exact) mass is 275 g/mol. The van der Waals surface area contributed by atoms with Gasteiger partial charge in [0.2, 0.25) is 5.91 Å². The van der Waals surface area contributed by atoms with E-state index in [0.29, 0.717) is 19.1 Å². The van der Waals surface area contributed by atoms with Gasteiger partial charge in [-0.1, -0.05) is 29.8 Å². The van der Waals surface area contributed by atoms with Gasteiger partial charge in [-0.25, -0.2) is 0 Å². The molecule has 0 aliphatic carbocycles. The summed E-state index contributed by atoms with van der Waals surface area (Å²) in [5.74, 6) is 0.0591. The van der Waals surface area contributed by atoms with Crippen molar-refractivity contribution in [1.29, 1.82) is 0 Å². The molecule has 1 heterocycles. The second kappa shape index (κ2) is 7.41. The molecule has 110 valence electrons. The van der Waals surface area contributed by atoms with Crippen molar-refractivity contribution in [3.8, 4) is 0 Å². The van der Waals surface area contributed by atoms with E-state index in [2.05, 4.69) is 46.7 Å². The summed E-state index contributed by atoms with van der Waals surface area (Å²) in [6.07, 6.45) is 2.51. The molecular formula is C16H25N3O. The molecule has 4 heteroatoms. The van der Waals surface area contributed by atoms with E-state index in [0.717, 1.165) is 13.1 Å². The minimum Gasteiger partial charge on any atom is -0.353 e. The van der Waals surface area contributed by atoms with E-state index in [4.69, 9.17) is 0 Å². The van der Waals surface area contributed by atoms with Crippen molar-refractivity contribution in [2.24, 2.45) is 0 Å². The summed E-state index contributed by atoms with van der Waals surface area (Å²) in [6.45, 7) is 5.41. The van der Waals surface area contributed by atoms with Crippen molar-refractivity contribution < 1.29 is 4.79 Å².